The molecule has 0 radical (unpaired) electrons. The molecule has 0 aliphatic heterocycles. The van der Waals surface area contributed by atoms with Crippen LogP contribution in [0, 0.1) is 6.92 Å². The topological polar surface area (TPSA) is 64.6 Å². The number of hydrogen-bond acceptors (Lipinski definition) is 5. The average molecular weight is 319 g/mol. The Bertz CT molecular complexity index is 693. The second-order valence-electron chi connectivity index (χ2n) is 4.65. The predicted octanol–water partition coefficient (Wildman–Crippen LogP) is 3.03. The third-order valence-electron chi connectivity index (χ3n) is 3.09. The van der Waals surface area contributed by atoms with Crippen molar-refractivity contribution in [2.45, 2.75) is 13.3 Å². The van der Waals surface area contributed by atoms with E-state index in [2.05, 4.69) is 5.32 Å². The first kappa shape index (κ1) is 16.0. The summed E-state index contributed by atoms with van der Waals surface area (Å²) in [5.74, 6) is 0.116. The van der Waals surface area contributed by atoms with Gasteiger partial charge in [-0.05, 0) is 24.6 Å². The van der Waals surface area contributed by atoms with Crippen LogP contribution in [-0.4, -0.2) is 26.1 Å². The number of aryl methyl sites for hydroxylation is 1. The van der Waals surface area contributed by atoms with Crippen LogP contribution in [0.2, 0.25) is 0 Å². The standard InChI is InChI=1S/C16H17NO4S/c1-10-8-14(22-15(10)16(19)21-3)17-13(18)9-11-6-4-5-7-12(11)20-2/h4-8H,9H2,1-3H3,(H,17,18). The van der Waals surface area contributed by atoms with E-state index in [9.17, 15) is 9.59 Å². The number of esters is 1. The molecule has 1 aromatic carbocycles. The maximum absolute atomic E-state index is 12.1. The zero-order valence-corrected chi connectivity index (χ0v) is 13.5. The number of ether oxygens (including phenoxy) is 2. The summed E-state index contributed by atoms with van der Waals surface area (Å²) in [6.07, 6.45) is 0.203. The van der Waals surface area contributed by atoms with Crippen molar-refractivity contribution in [3.05, 3.63) is 46.3 Å². The number of benzene rings is 1. The molecule has 1 N–H and O–H groups in total. The Hall–Kier alpha value is -2.34. The van der Waals surface area contributed by atoms with Crippen LogP contribution >= 0.6 is 11.3 Å². The van der Waals surface area contributed by atoms with Gasteiger partial charge in [0.1, 0.15) is 10.6 Å². The number of nitrogens with one attached hydrogen (secondary N) is 1. The first-order valence-electron chi connectivity index (χ1n) is 6.65. The van der Waals surface area contributed by atoms with Gasteiger partial charge in [-0.2, -0.15) is 0 Å². The van der Waals surface area contributed by atoms with Gasteiger partial charge < -0.3 is 14.8 Å². The summed E-state index contributed by atoms with van der Waals surface area (Å²) < 4.78 is 9.93. The monoisotopic (exact) mass is 319 g/mol. The number of amides is 1. The summed E-state index contributed by atoms with van der Waals surface area (Å²) in [4.78, 5) is 24.2. The Labute approximate surface area is 132 Å². The fourth-order valence-electron chi connectivity index (χ4n) is 2.04. The van der Waals surface area contributed by atoms with Crippen molar-refractivity contribution >= 4 is 28.2 Å². The number of carbonyl (C=O) groups is 2. The summed E-state index contributed by atoms with van der Waals surface area (Å²) in [6, 6.07) is 9.13. The lowest BCUT2D eigenvalue weighted by atomic mass is 10.1. The molecule has 0 aliphatic rings. The highest BCUT2D eigenvalue weighted by Gasteiger charge is 2.16. The van der Waals surface area contributed by atoms with Gasteiger partial charge in [0.15, 0.2) is 0 Å². The normalized spacial score (nSPS) is 10.1. The van der Waals surface area contributed by atoms with Gasteiger partial charge in [0, 0.05) is 5.56 Å². The second kappa shape index (κ2) is 7.09. The third kappa shape index (κ3) is 3.65. The van der Waals surface area contributed by atoms with E-state index in [1.165, 1.54) is 18.4 Å². The third-order valence-corrected chi connectivity index (χ3v) is 4.23. The summed E-state index contributed by atoms with van der Waals surface area (Å²) in [7, 11) is 2.91. The smallest absolute Gasteiger partial charge is 0.348 e. The van der Waals surface area contributed by atoms with Crippen molar-refractivity contribution in [3.63, 3.8) is 0 Å². The van der Waals surface area contributed by atoms with Crippen LogP contribution < -0.4 is 10.1 Å². The Kier molecular flexibility index (Phi) is 5.16. The minimum absolute atomic E-state index is 0.165. The molecule has 0 aliphatic carbocycles. The van der Waals surface area contributed by atoms with Crippen LogP contribution in [0.5, 0.6) is 5.75 Å². The molecule has 0 atom stereocenters. The number of rotatable bonds is 5. The van der Waals surface area contributed by atoms with E-state index in [0.29, 0.717) is 15.6 Å². The molecule has 1 aromatic heterocycles. The largest absolute Gasteiger partial charge is 0.496 e. The van der Waals surface area contributed by atoms with E-state index >= 15 is 0 Å². The van der Waals surface area contributed by atoms with Gasteiger partial charge in [0.25, 0.3) is 0 Å². The lowest BCUT2D eigenvalue weighted by Crippen LogP contribution is -2.14. The molecule has 1 heterocycles. The fourth-order valence-corrected chi connectivity index (χ4v) is 3.05. The number of methoxy groups -OCH3 is 2. The Morgan fingerprint density at radius 3 is 2.64 bits per heavy atom. The van der Waals surface area contributed by atoms with Crippen LogP contribution in [0.1, 0.15) is 20.8 Å². The molecule has 0 saturated heterocycles. The van der Waals surface area contributed by atoms with Crippen molar-refractivity contribution < 1.29 is 19.1 Å². The molecule has 0 fully saturated rings. The predicted molar refractivity (Wildman–Crippen MR) is 85.7 cm³/mol. The molecule has 22 heavy (non-hydrogen) atoms. The van der Waals surface area contributed by atoms with Crippen molar-refractivity contribution in [3.8, 4) is 5.75 Å². The fraction of sp³-hybridized carbons (Fsp3) is 0.250. The number of hydrogen-bond donors (Lipinski definition) is 1. The lowest BCUT2D eigenvalue weighted by molar-refractivity contribution is -0.115. The summed E-state index contributed by atoms with van der Waals surface area (Å²) in [5.41, 5.74) is 1.59. The summed E-state index contributed by atoms with van der Waals surface area (Å²) in [5, 5.41) is 3.42. The first-order chi connectivity index (χ1) is 10.5. The van der Waals surface area contributed by atoms with Gasteiger partial charge in [-0.15, -0.1) is 11.3 Å². The molecular formula is C16H17NO4S. The van der Waals surface area contributed by atoms with E-state index in [1.54, 1.807) is 20.1 Å². The zero-order chi connectivity index (χ0) is 16.1. The number of anilines is 1. The molecule has 2 rings (SSSR count). The van der Waals surface area contributed by atoms with Gasteiger partial charge >= 0.3 is 5.97 Å². The molecular weight excluding hydrogens is 302 g/mol. The Morgan fingerprint density at radius 1 is 1.23 bits per heavy atom. The van der Waals surface area contributed by atoms with Gasteiger partial charge in [-0.1, -0.05) is 18.2 Å². The molecule has 0 unspecified atom stereocenters. The highest BCUT2D eigenvalue weighted by atomic mass is 32.1. The van der Waals surface area contributed by atoms with Crippen molar-refractivity contribution in [2.24, 2.45) is 0 Å². The number of carbonyl (C=O) groups excluding carboxylic acids is 2. The zero-order valence-electron chi connectivity index (χ0n) is 12.6. The highest BCUT2D eigenvalue weighted by Crippen LogP contribution is 2.27. The molecule has 0 spiro atoms. The van der Waals surface area contributed by atoms with Crippen LogP contribution in [0.4, 0.5) is 5.00 Å². The Morgan fingerprint density at radius 2 is 1.95 bits per heavy atom. The minimum Gasteiger partial charge on any atom is -0.496 e. The van der Waals surface area contributed by atoms with Crippen molar-refractivity contribution in [1.29, 1.82) is 0 Å². The van der Waals surface area contributed by atoms with Crippen molar-refractivity contribution in [2.75, 3.05) is 19.5 Å². The van der Waals surface area contributed by atoms with Crippen LogP contribution in [0.15, 0.2) is 30.3 Å². The lowest BCUT2D eigenvalue weighted by Gasteiger charge is -2.07. The quantitative estimate of drug-likeness (QED) is 0.860. The molecule has 0 saturated carbocycles. The minimum atomic E-state index is -0.396. The average Bonchev–Trinajstić information content (AvgIpc) is 2.87. The summed E-state index contributed by atoms with van der Waals surface area (Å²) >= 11 is 1.20. The maximum Gasteiger partial charge on any atom is 0.348 e. The van der Waals surface area contributed by atoms with Gasteiger partial charge in [-0.3, -0.25) is 4.79 Å². The van der Waals surface area contributed by atoms with E-state index in [4.69, 9.17) is 9.47 Å². The second-order valence-corrected chi connectivity index (χ2v) is 5.70. The first-order valence-corrected chi connectivity index (χ1v) is 7.47. The van der Waals surface area contributed by atoms with Gasteiger partial charge in [0.2, 0.25) is 5.91 Å². The van der Waals surface area contributed by atoms with E-state index < -0.39 is 5.97 Å². The van der Waals surface area contributed by atoms with Crippen LogP contribution in [0.25, 0.3) is 0 Å². The maximum atomic E-state index is 12.1. The van der Waals surface area contributed by atoms with Crippen LogP contribution in [-0.2, 0) is 16.0 Å². The van der Waals surface area contributed by atoms with Crippen LogP contribution in [0.3, 0.4) is 0 Å². The molecule has 6 heteroatoms. The van der Waals surface area contributed by atoms with E-state index in [-0.39, 0.29) is 12.3 Å². The molecule has 1 amide bonds. The number of para-hydroxylation sites is 1. The van der Waals surface area contributed by atoms with Crippen molar-refractivity contribution in [1.82, 2.24) is 0 Å². The highest BCUT2D eigenvalue weighted by molar-refractivity contribution is 7.18. The number of thiophene rings is 1. The van der Waals surface area contributed by atoms with E-state index in [1.807, 2.05) is 24.3 Å². The van der Waals surface area contributed by atoms with E-state index in [0.717, 1.165) is 11.1 Å². The van der Waals surface area contributed by atoms with Gasteiger partial charge in [0.05, 0.1) is 25.6 Å². The SMILES string of the molecule is COC(=O)c1sc(NC(=O)Cc2ccccc2OC)cc1C. The molecule has 0 bridgehead atoms. The summed E-state index contributed by atoms with van der Waals surface area (Å²) in [6.45, 7) is 1.80. The molecule has 5 nitrogen and oxygen atoms in total. The molecule has 116 valence electrons. The Balaban J connectivity index is 2.08. The molecule has 2 aromatic rings. The van der Waals surface area contributed by atoms with Gasteiger partial charge in [-0.25, -0.2) is 4.79 Å².